The van der Waals surface area contributed by atoms with E-state index in [1.165, 1.54) is 43.2 Å². The molecule has 3 rings (SSSR count). The number of aromatic nitrogens is 3. The van der Waals surface area contributed by atoms with Gasteiger partial charge in [0.2, 0.25) is 0 Å². The van der Waals surface area contributed by atoms with E-state index in [-0.39, 0.29) is 0 Å². The second-order valence-electron chi connectivity index (χ2n) is 7.55. The number of benzene rings is 1. The minimum absolute atomic E-state index is 0.586. The van der Waals surface area contributed by atoms with Gasteiger partial charge >= 0.3 is 0 Å². The fourth-order valence-electron chi connectivity index (χ4n) is 3.85. The number of hydrogen-bond donors (Lipinski definition) is 2. The van der Waals surface area contributed by atoms with Gasteiger partial charge < -0.3 is 10.6 Å². The van der Waals surface area contributed by atoms with E-state index >= 15 is 0 Å². The highest BCUT2D eigenvalue weighted by Crippen LogP contribution is 2.23. The summed E-state index contributed by atoms with van der Waals surface area (Å²) in [6.07, 6.45) is 8.35. The fourth-order valence-corrected chi connectivity index (χ4v) is 3.85. The van der Waals surface area contributed by atoms with Gasteiger partial charge in [-0.1, -0.05) is 43.5 Å². The molecule has 7 nitrogen and oxygen atoms in total. The zero-order chi connectivity index (χ0) is 19.8. The van der Waals surface area contributed by atoms with Crippen molar-refractivity contribution in [2.24, 2.45) is 12.0 Å². The van der Waals surface area contributed by atoms with Gasteiger partial charge in [0.15, 0.2) is 5.96 Å². The number of nitrogens with zero attached hydrogens (tertiary/aromatic N) is 5. The van der Waals surface area contributed by atoms with Crippen LogP contribution in [0.1, 0.15) is 49.1 Å². The van der Waals surface area contributed by atoms with E-state index in [1.807, 2.05) is 7.05 Å². The van der Waals surface area contributed by atoms with Crippen LogP contribution in [0.2, 0.25) is 0 Å². The molecule has 0 aliphatic heterocycles. The summed E-state index contributed by atoms with van der Waals surface area (Å²) in [7, 11) is 5.94. The molecular weight excluding hydrogens is 350 g/mol. The molecule has 7 heteroatoms. The lowest BCUT2D eigenvalue weighted by Crippen LogP contribution is -2.37. The van der Waals surface area contributed by atoms with Gasteiger partial charge in [-0.15, -0.1) is 0 Å². The van der Waals surface area contributed by atoms with Gasteiger partial charge in [-0.25, -0.2) is 4.98 Å². The van der Waals surface area contributed by atoms with Gasteiger partial charge in [-0.3, -0.25) is 14.6 Å². The minimum atomic E-state index is 0.586. The van der Waals surface area contributed by atoms with E-state index in [0.717, 1.165) is 30.9 Å². The lowest BCUT2D eigenvalue weighted by Gasteiger charge is -2.31. The molecule has 0 atom stereocenters. The molecule has 1 aromatic heterocycles. The molecule has 1 aliphatic rings. The first-order valence-corrected chi connectivity index (χ1v) is 10.2. The largest absolute Gasteiger partial charge is 0.352 e. The van der Waals surface area contributed by atoms with E-state index in [9.17, 15) is 0 Å². The predicted molar refractivity (Wildman–Crippen MR) is 113 cm³/mol. The van der Waals surface area contributed by atoms with Crippen LogP contribution in [0.4, 0.5) is 0 Å². The molecule has 1 fully saturated rings. The number of aliphatic imine (C=N–C) groups is 1. The van der Waals surface area contributed by atoms with Crippen LogP contribution in [-0.4, -0.2) is 45.8 Å². The molecular formula is C21H33N7. The van der Waals surface area contributed by atoms with Crippen molar-refractivity contribution in [2.75, 3.05) is 14.1 Å². The zero-order valence-corrected chi connectivity index (χ0v) is 17.4. The molecule has 2 N–H and O–H groups in total. The molecule has 1 aliphatic carbocycles. The molecule has 28 heavy (non-hydrogen) atoms. The van der Waals surface area contributed by atoms with Crippen molar-refractivity contribution in [1.29, 1.82) is 0 Å². The lowest BCUT2D eigenvalue weighted by atomic mass is 9.94. The quantitative estimate of drug-likeness (QED) is 0.568. The van der Waals surface area contributed by atoms with Crippen LogP contribution in [0.15, 0.2) is 35.6 Å². The second kappa shape index (κ2) is 10.2. The average Bonchev–Trinajstić information content (AvgIpc) is 3.14. The van der Waals surface area contributed by atoms with Gasteiger partial charge in [-0.2, -0.15) is 5.10 Å². The Hall–Kier alpha value is -2.41. The summed E-state index contributed by atoms with van der Waals surface area (Å²) in [5.41, 5.74) is 2.69. The molecule has 0 spiro atoms. The van der Waals surface area contributed by atoms with Crippen molar-refractivity contribution in [3.05, 3.63) is 47.5 Å². The molecule has 0 saturated heterocycles. The van der Waals surface area contributed by atoms with Gasteiger partial charge in [0.1, 0.15) is 12.2 Å². The van der Waals surface area contributed by atoms with Crippen molar-refractivity contribution in [3.63, 3.8) is 0 Å². The maximum absolute atomic E-state index is 4.32. The van der Waals surface area contributed by atoms with E-state index < -0.39 is 0 Å². The molecule has 1 aromatic carbocycles. The number of aryl methyl sites for hydroxylation is 1. The number of hydrogen-bond acceptors (Lipinski definition) is 4. The molecule has 152 valence electrons. The summed E-state index contributed by atoms with van der Waals surface area (Å²) in [4.78, 5) is 11.1. The van der Waals surface area contributed by atoms with Gasteiger partial charge in [0, 0.05) is 33.2 Å². The van der Waals surface area contributed by atoms with E-state index in [4.69, 9.17) is 0 Å². The van der Waals surface area contributed by atoms with Crippen LogP contribution in [0, 0.1) is 0 Å². The summed E-state index contributed by atoms with van der Waals surface area (Å²) in [6, 6.07) is 9.40. The Kier molecular flexibility index (Phi) is 7.42. The van der Waals surface area contributed by atoms with Crippen LogP contribution >= 0.6 is 0 Å². The normalized spacial score (nSPS) is 15.8. The molecule has 0 unspecified atom stereocenters. The third-order valence-corrected chi connectivity index (χ3v) is 5.63. The highest BCUT2D eigenvalue weighted by atomic mass is 15.3. The summed E-state index contributed by atoms with van der Waals surface area (Å²) in [5.74, 6) is 1.64. The van der Waals surface area contributed by atoms with Crippen LogP contribution in [0.3, 0.4) is 0 Å². The van der Waals surface area contributed by atoms with Gasteiger partial charge in [-0.05, 0) is 31.0 Å². The third kappa shape index (κ3) is 5.55. The van der Waals surface area contributed by atoms with E-state index in [0.29, 0.717) is 6.54 Å². The summed E-state index contributed by atoms with van der Waals surface area (Å²) in [5, 5.41) is 10.8. The van der Waals surface area contributed by atoms with E-state index in [2.05, 4.69) is 61.9 Å². The maximum atomic E-state index is 4.32. The van der Waals surface area contributed by atoms with Crippen molar-refractivity contribution >= 4 is 5.96 Å². The van der Waals surface area contributed by atoms with Crippen molar-refractivity contribution < 1.29 is 0 Å². The molecule has 1 heterocycles. The Balaban J connectivity index is 1.55. The number of rotatable bonds is 7. The Morgan fingerprint density at radius 2 is 1.86 bits per heavy atom. The minimum Gasteiger partial charge on any atom is -0.352 e. The maximum Gasteiger partial charge on any atom is 0.191 e. The highest BCUT2D eigenvalue weighted by Gasteiger charge is 2.18. The summed E-state index contributed by atoms with van der Waals surface area (Å²) < 4.78 is 1.76. The topological polar surface area (TPSA) is 70.4 Å². The Morgan fingerprint density at radius 3 is 2.54 bits per heavy atom. The van der Waals surface area contributed by atoms with Crippen molar-refractivity contribution in [1.82, 2.24) is 30.3 Å². The lowest BCUT2D eigenvalue weighted by molar-refractivity contribution is 0.184. The first-order chi connectivity index (χ1) is 13.7. The fraction of sp³-hybridized carbons (Fsp3) is 0.571. The Bertz CT molecular complexity index is 762. The van der Waals surface area contributed by atoms with Crippen molar-refractivity contribution in [2.45, 2.75) is 57.8 Å². The Labute approximate surface area is 168 Å². The standard InChI is InChI=1S/C21H33N7/c1-22-21(24-14-20-25-16-26-28(20)3)23-13-17-9-7-8-10-18(17)15-27(2)19-11-5-4-6-12-19/h7-10,16,19H,4-6,11-15H2,1-3H3,(H2,22,23,24). The third-order valence-electron chi connectivity index (χ3n) is 5.63. The second-order valence-corrected chi connectivity index (χ2v) is 7.55. The zero-order valence-electron chi connectivity index (χ0n) is 17.4. The highest BCUT2D eigenvalue weighted by molar-refractivity contribution is 5.79. The molecule has 0 amide bonds. The smallest absolute Gasteiger partial charge is 0.191 e. The van der Waals surface area contributed by atoms with E-state index in [1.54, 1.807) is 18.1 Å². The van der Waals surface area contributed by atoms with Crippen LogP contribution in [0.25, 0.3) is 0 Å². The number of guanidine groups is 1. The molecule has 0 bridgehead atoms. The van der Waals surface area contributed by atoms with Gasteiger partial charge in [0.05, 0.1) is 6.54 Å². The number of nitrogens with one attached hydrogen (secondary N) is 2. The first kappa shape index (κ1) is 20.3. The Morgan fingerprint density at radius 1 is 1.14 bits per heavy atom. The van der Waals surface area contributed by atoms with Crippen LogP contribution in [-0.2, 0) is 26.7 Å². The first-order valence-electron chi connectivity index (χ1n) is 10.2. The predicted octanol–water partition coefficient (Wildman–Crippen LogP) is 2.44. The average molecular weight is 384 g/mol. The molecule has 0 radical (unpaired) electrons. The van der Waals surface area contributed by atoms with Crippen LogP contribution < -0.4 is 10.6 Å². The summed E-state index contributed by atoms with van der Waals surface area (Å²) in [6.45, 7) is 2.32. The van der Waals surface area contributed by atoms with Gasteiger partial charge in [0.25, 0.3) is 0 Å². The summed E-state index contributed by atoms with van der Waals surface area (Å²) >= 11 is 0. The van der Waals surface area contributed by atoms with Crippen molar-refractivity contribution in [3.8, 4) is 0 Å². The monoisotopic (exact) mass is 383 g/mol. The molecule has 1 saturated carbocycles. The SMILES string of the molecule is CN=C(NCc1ccccc1CN(C)C1CCCCC1)NCc1ncnn1C. The van der Waals surface area contributed by atoms with Crippen LogP contribution in [0.5, 0.6) is 0 Å². The molecule has 2 aromatic rings.